The molecule has 1 aliphatic heterocycles. The molecular formula is C15H15NO2S. The van der Waals surface area contributed by atoms with E-state index in [1.54, 1.807) is 18.4 Å². The molecular weight excluding hydrogens is 258 g/mol. The molecule has 1 aromatic heterocycles. The number of amides is 1. The third kappa shape index (κ3) is 2.36. The van der Waals surface area contributed by atoms with Crippen LogP contribution in [0.4, 0.5) is 0 Å². The van der Waals surface area contributed by atoms with Crippen molar-refractivity contribution in [1.29, 1.82) is 0 Å². The normalized spacial score (nSPS) is 14.1. The van der Waals surface area contributed by atoms with E-state index in [9.17, 15) is 4.79 Å². The van der Waals surface area contributed by atoms with Gasteiger partial charge in [-0.25, -0.2) is 0 Å². The lowest BCUT2D eigenvalue weighted by Crippen LogP contribution is -2.35. The third-order valence-electron chi connectivity index (χ3n) is 3.43. The van der Waals surface area contributed by atoms with Gasteiger partial charge in [-0.05, 0) is 47.7 Å². The molecule has 1 aliphatic rings. The fourth-order valence-electron chi connectivity index (χ4n) is 2.34. The number of rotatable bonds is 2. The zero-order valence-corrected chi connectivity index (χ0v) is 11.6. The lowest BCUT2D eigenvalue weighted by atomic mass is 10.1. The molecule has 0 N–H and O–H groups in total. The van der Waals surface area contributed by atoms with E-state index in [0.717, 1.165) is 30.8 Å². The average Bonchev–Trinajstić information content (AvgIpc) is 2.94. The maximum Gasteiger partial charge on any atom is 0.254 e. The quantitative estimate of drug-likeness (QED) is 0.842. The molecule has 3 nitrogen and oxygen atoms in total. The maximum atomic E-state index is 12.4. The summed E-state index contributed by atoms with van der Waals surface area (Å²) in [6.07, 6.45) is 0.967. The Labute approximate surface area is 116 Å². The van der Waals surface area contributed by atoms with Gasteiger partial charge in [-0.2, -0.15) is 0 Å². The third-order valence-corrected chi connectivity index (χ3v) is 4.45. The summed E-state index contributed by atoms with van der Waals surface area (Å²) in [6, 6.07) is 9.42. The van der Waals surface area contributed by atoms with Crippen molar-refractivity contribution in [1.82, 2.24) is 4.90 Å². The first-order valence-electron chi connectivity index (χ1n) is 6.26. The molecule has 98 valence electrons. The lowest BCUT2D eigenvalue weighted by Gasteiger charge is -2.27. The van der Waals surface area contributed by atoms with Crippen LogP contribution in [0.3, 0.4) is 0 Å². The van der Waals surface area contributed by atoms with Crippen molar-refractivity contribution in [2.45, 2.75) is 13.0 Å². The van der Waals surface area contributed by atoms with Crippen molar-refractivity contribution in [2.75, 3.05) is 13.7 Å². The summed E-state index contributed by atoms with van der Waals surface area (Å²) in [5.41, 5.74) is 2.01. The number of methoxy groups -OCH3 is 1. The topological polar surface area (TPSA) is 29.5 Å². The summed E-state index contributed by atoms with van der Waals surface area (Å²) in [5.74, 6) is 0.870. The molecule has 1 amide bonds. The highest BCUT2D eigenvalue weighted by atomic mass is 32.1. The van der Waals surface area contributed by atoms with Gasteiger partial charge in [0.05, 0.1) is 7.11 Å². The minimum atomic E-state index is 0.0968. The van der Waals surface area contributed by atoms with E-state index >= 15 is 0 Å². The monoisotopic (exact) mass is 273 g/mol. The molecule has 2 heterocycles. The van der Waals surface area contributed by atoms with Gasteiger partial charge in [0.1, 0.15) is 5.75 Å². The zero-order valence-electron chi connectivity index (χ0n) is 10.8. The van der Waals surface area contributed by atoms with Crippen molar-refractivity contribution in [3.05, 3.63) is 51.7 Å². The number of nitrogens with zero attached hydrogens (tertiary/aromatic N) is 1. The second kappa shape index (κ2) is 5.05. The highest BCUT2D eigenvalue weighted by Gasteiger charge is 2.22. The minimum absolute atomic E-state index is 0.0968. The Bertz CT molecular complexity index is 588. The zero-order chi connectivity index (χ0) is 13.2. The fourth-order valence-corrected chi connectivity index (χ4v) is 3.23. The predicted molar refractivity (Wildman–Crippen MR) is 75.8 cm³/mol. The smallest absolute Gasteiger partial charge is 0.254 e. The molecule has 4 heteroatoms. The van der Waals surface area contributed by atoms with Crippen LogP contribution >= 0.6 is 11.3 Å². The Kier molecular flexibility index (Phi) is 3.25. The van der Waals surface area contributed by atoms with E-state index in [1.807, 2.05) is 29.2 Å². The molecule has 0 fully saturated rings. The highest BCUT2D eigenvalue weighted by Crippen LogP contribution is 2.25. The summed E-state index contributed by atoms with van der Waals surface area (Å²) in [4.78, 5) is 15.7. The molecule has 0 saturated carbocycles. The van der Waals surface area contributed by atoms with Crippen molar-refractivity contribution < 1.29 is 9.53 Å². The average molecular weight is 273 g/mol. The van der Waals surface area contributed by atoms with Gasteiger partial charge in [-0.1, -0.05) is 0 Å². The molecule has 3 rings (SSSR count). The number of carbonyl (C=O) groups excluding carboxylic acids is 1. The molecule has 1 aromatic carbocycles. The fraction of sp³-hybridized carbons (Fsp3) is 0.267. The van der Waals surface area contributed by atoms with E-state index in [0.29, 0.717) is 0 Å². The van der Waals surface area contributed by atoms with Crippen LogP contribution in [0.2, 0.25) is 0 Å². The summed E-state index contributed by atoms with van der Waals surface area (Å²) >= 11 is 1.79. The van der Waals surface area contributed by atoms with Gasteiger partial charge >= 0.3 is 0 Å². The van der Waals surface area contributed by atoms with Gasteiger partial charge < -0.3 is 9.64 Å². The van der Waals surface area contributed by atoms with Crippen LogP contribution in [-0.2, 0) is 13.0 Å². The number of benzene rings is 1. The number of thiophene rings is 1. The Morgan fingerprint density at radius 2 is 2.05 bits per heavy atom. The van der Waals surface area contributed by atoms with Crippen molar-refractivity contribution in [3.8, 4) is 5.75 Å². The van der Waals surface area contributed by atoms with Gasteiger partial charge in [0.2, 0.25) is 0 Å². The van der Waals surface area contributed by atoms with Crippen molar-refractivity contribution in [3.63, 3.8) is 0 Å². The molecule has 0 saturated heterocycles. The van der Waals surface area contributed by atoms with E-state index in [4.69, 9.17) is 4.74 Å². The predicted octanol–water partition coefficient (Wildman–Crippen LogP) is 2.96. The first-order valence-corrected chi connectivity index (χ1v) is 7.14. The number of hydrogen-bond acceptors (Lipinski definition) is 3. The summed E-state index contributed by atoms with van der Waals surface area (Å²) in [5, 5.41) is 2.10. The largest absolute Gasteiger partial charge is 0.497 e. The Morgan fingerprint density at radius 3 is 2.79 bits per heavy atom. The number of hydrogen-bond donors (Lipinski definition) is 0. The van der Waals surface area contributed by atoms with Crippen LogP contribution in [0.5, 0.6) is 5.75 Å². The number of carbonyl (C=O) groups is 1. The SMILES string of the molecule is COc1ccc(C(=O)N2CCc3sccc3C2)cc1. The molecule has 0 spiro atoms. The van der Waals surface area contributed by atoms with Gasteiger partial charge in [0.25, 0.3) is 5.91 Å². The second-order valence-electron chi connectivity index (χ2n) is 4.57. The van der Waals surface area contributed by atoms with Gasteiger partial charge in [0, 0.05) is 23.5 Å². The van der Waals surface area contributed by atoms with Crippen molar-refractivity contribution >= 4 is 17.2 Å². The summed E-state index contributed by atoms with van der Waals surface area (Å²) in [7, 11) is 1.62. The highest BCUT2D eigenvalue weighted by molar-refractivity contribution is 7.10. The molecule has 2 aromatic rings. The molecule has 0 radical (unpaired) electrons. The van der Waals surface area contributed by atoms with Gasteiger partial charge in [0.15, 0.2) is 0 Å². The van der Waals surface area contributed by atoms with Crippen LogP contribution < -0.4 is 4.74 Å². The lowest BCUT2D eigenvalue weighted by molar-refractivity contribution is 0.0736. The van der Waals surface area contributed by atoms with Gasteiger partial charge in [-0.15, -0.1) is 11.3 Å². The van der Waals surface area contributed by atoms with Crippen molar-refractivity contribution in [2.24, 2.45) is 0 Å². The van der Waals surface area contributed by atoms with E-state index in [-0.39, 0.29) is 5.91 Å². The Morgan fingerprint density at radius 1 is 1.26 bits per heavy atom. The summed E-state index contributed by atoms with van der Waals surface area (Å²) < 4.78 is 5.11. The van der Waals surface area contributed by atoms with E-state index in [2.05, 4.69) is 11.4 Å². The molecule has 0 aliphatic carbocycles. The molecule has 0 unspecified atom stereocenters. The Hall–Kier alpha value is -1.81. The van der Waals surface area contributed by atoms with Crippen LogP contribution in [0.1, 0.15) is 20.8 Å². The minimum Gasteiger partial charge on any atom is -0.497 e. The molecule has 0 atom stereocenters. The van der Waals surface area contributed by atoms with Crippen LogP contribution in [0.25, 0.3) is 0 Å². The maximum absolute atomic E-state index is 12.4. The van der Waals surface area contributed by atoms with Gasteiger partial charge in [-0.3, -0.25) is 4.79 Å². The van der Waals surface area contributed by atoms with Crippen LogP contribution in [0.15, 0.2) is 35.7 Å². The standard InChI is InChI=1S/C15H15NO2S/c1-18-13-4-2-11(3-5-13)15(17)16-8-6-14-12(10-16)7-9-19-14/h2-5,7,9H,6,8,10H2,1H3. The van der Waals surface area contributed by atoms with E-state index < -0.39 is 0 Å². The summed E-state index contributed by atoms with van der Waals surface area (Å²) in [6.45, 7) is 1.53. The first kappa shape index (κ1) is 12.2. The van der Waals surface area contributed by atoms with E-state index in [1.165, 1.54) is 10.4 Å². The van der Waals surface area contributed by atoms with Crippen LogP contribution in [0, 0.1) is 0 Å². The first-order chi connectivity index (χ1) is 9.28. The number of fused-ring (bicyclic) bond motifs is 1. The Balaban J connectivity index is 1.77. The second-order valence-corrected chi connectivity index (χ2v) is 5.57. The molecule has 19 heavy (non-hydrogen) atoms. The molecule has 0 bridgehead atoms. The number of ether oxygens (including phenoxy) is 1. The van der Waals surface area contributed by atoms with Crippen LogP contribution in [-0.4, -0.2) is 24.5 Å².